The fourth-order valence-electron chi connectivity index (χ4n) is 2.71. The van der Waals surface area contributed by atoms with Crippen molar-refractivity contribution in [2.75, 3.05) is 6.54 Å². The zero-order valence-electron chi connectivity index (χ0n) is 14.8. The highest BCUT2D eigenvalue weighted by atomic mass is 32.1. The van der Waals surface area contributed by atoms with Crippen LogP contribution < -0.4 is 10.9 Å². The Labute approximate surface area is 163 Å². The summed E-state index contributed by atoms with van der Waals surface area (Å²) in [5.41, 5.74) is 1.32. The number of hydrogen-bond acceptors (Lipinski definition) is 7. The average Bonchev–Trinajstić information content (AvgIpc) is 3.20. The number of aromatic nitrogens is 5. The monoisotopic (exact) mass is 392 g/mol. The predicted octanol–water partition coefficient (Wildman–Crippen LogP) is 1.67. The van der Waals surface area contributed by atoms with Crippen LogP contribution in [0.3, 0.4) is 0 Å². The summed E-state index contributed by atoms with van der Waals surface area (Å²) in [7, 11) is 0. The molecule has 4 aromatic rings. The topological polar surface area (TPSA) is 103 Å². The maximum Gasteiger partial charge on any atom is 0.275 e. The first-order valence-electron chi connectivity index (χ1n) is 8.63. The van der Waals surface area contributed by atoms with Gasteiger partial charge in [-0.2, -0.15) is 5.10 Å². The molecule has 1 aromatic carbocycles. The fraction of sp³-hybridized carbons (Fsp3) is 0.158. The van der Waals surface area contributed by atoms with Crippen LogP contribution >= 0.6 is 11.3 Å². The lowest BCUT2D eigenvalue weighted by molar-refractivity contribution is -0.121. The van der Waals surface area contributed by atoms with Crippen LogP contribution in [0.15, 0.2) is 59.2 Å². The van der Waals surface area contributed by atoms with E-state index in [1.165, 1.54) is 16.0 Å². The summed E-state index contributed by atoms with van der Waals surface area (Å²) in [4.78, 5) is 37.3. The largest absolute Gasteiger partial charge is 0.354 e. The first kappa shape index (κ1) is 17.9. The molecule has 0 aliphatic carbocycles. The molecule has 0 saturated heterocycles. The second kappa shape index (κ2) is 8.05. The van der Waals surface area contributed by atoms with E-state index in [4.69, 9.17) is 0 Å². The molecule has 0 spiro atoms. The van der Waals surface area contributed by atoms with Crippen molar-refractivity contribution in [1.82, 2.24) is 30.0 Å². The number of thiazole rings is 1. The van der Waals surface area contributed by atoms with E-state index in [1.54, 1.807) is 36.9 Å². The van der Waals surface area contributed by atoms with E-state index >= 15 is 0 Å². The smallest absolute Gasteiger partial charge is 0.275 e. The summed E-state index contributed by atoms with van der Waals surface area (Å²) in [6.07, 6.45) is 7.08. The molecule has 1 N–H and O–H groups in total. The maximum absolute atomic E-state index is 12.4. The van der Waals surface area contributed by atoms with Gasteiger partial charge in [-0.05, 0) is 6.07 Å². The number of amides is 1. The molecule has 3 heterocycles. The van der Waals surface area contributed by atoms with Crippen LogP contribution in [0, 0.1) is 0 Å². The maximum atomic E-state index is 12.4. The third kappa shape index (κ3) is 3.94. The standard InChI is InChI=1S/C19H16N6O2S/c26-17(11-25-19(27)15-4-2-1-3-13(15)9-23-25)22-6-5-14-12-28-18(24-14)16-10-20-7-8-21-16/h1-4,7-10,12H,5-6,11H2,(H,22,26). The molecule has 28 heavy (non-hydrogen) atoms. The molecule has 0 atom stereocenters. The molecule has 9 heteroatoms. The Morgan fingerprint density at radius 2 is 2.07 bits per heavy atom. The van der Waals surface area contributed by atoms with Gasteiger partial charge in [0.25, 0.3) is 5.56 Å². The molecule has 140 valence electrons. The number of nitrogens with zero attached hydrogens (tertiary/aromatic N) is 5. The van der Waals surface area contributed by atoms with Crippen molar-refractivity contribution in [3.8, 4) is 10.7 Å². The number of hydrogen-bond donors (Lipinski definition) is 1. The second-order valence-electron chi connectivity index (χ2n) is 6.03. The molecule has 0 saturated carbocycles. The number of benzene rings is 1. The molecule has 1 amide bonds. The van der Waals surface area contributed by atoms with Crippen molar-refractivity contribution in [3.05, 3.63) is 70.5 Å². The van der Waals surface area contributed by atoms with Gasteiger partial charge < -0.3 is 5.32 Å². The van der Waals surface area contributed by atoms with E-state index in [0.717, 1.165) is 21.8 Å². The molecule has 0 radical (unpaired) electrons. The van der Waals surface area contributed by atoms with Crippen LogP contribution in [0.25, 0.3) is 21.5 Å². The first-order chi connectivity index (χ1) is 13.7. The van der Waals surface area contributed by atoms with Crippen LogP contribution in [-0.2, 0) is 17.8 Å². The highest BCUT2D eigenvalue weighted by Crippen LogP contribution is 2.20. The zero-order valence-corrected chi connectivity index (χ0v) is 15.6. The van der Waals surface area contributed by atoms with Crippen LogP contribution in [0.2, 0.25) is 0 Å². The molecule has 0 unspecified atom stereocenters. The number of fused-ring (bicyclic) bond motifs is 1. The van der Waals surface area contributed by atoms with Crippen molar-refractivity contribution in [2.45, 2.75) is 13.0 Å². The quantitative estimate of drug-likeness (QED) is 0.535. The average molecular weight is 392 g/mol. The summed E-state index contributed by atoms with van der Waals surface area (Å²) in [5.74, 6) is -0.269. The minimum absolute atomic E-state index is 0.119. The lowest BCUT2D eigenvalue weighted by Crippen LogP contribution is -2.34. The third-order valence-corrected chi connectivity index (χ3v) is 5.01. The molecule has 4 rings (SSSR count). The molecule has 3 aromatic heterocycles. The molecule has 0 aliphatic heterocycles. The van der Waals surface area contributed by atoms with Crippen molar-refractivity contribution in [2.24, 2.45) is 0 Å². The van der Waals surface area contributed by atoms with Crippen molar-refractivity contribution < 1.29 is 4.79 Å². The minimum Gasteiger partial charge on any atom is -0.354 e. The summed E-state index contributed by atoms with van der Waals surface area (Å²) in [5, 5.41) is 10.9. The van der Waals surface area contributed by atoms with Gasteiger partial charge in [-0.3, -0.25) is 19.6 Å². The normalized spacial score (nSPS) is 10.9. The van der Waals surface area contributed by atoms with Gasteiger partial charge in [0.05, 0.1) is 23.5 Å². The van der Waals surface area contributed by atoms with E-state index < -0.39 is 0 Å². The van der Waals surface area contributed by atoms with E-state index in [1.807, 2.05) is 17.5 Å². The van der Waals surface area contributed by atoms with Gasteiger partial charge in [0, 0.05) is 36.1 Å². The van der Waals surface area contributed by atoms with Crippen molar-refractivity contribution in [3.63, 3.8) is 0 Å². The number of rotatable bonds is 6. The minimum atomic E-state index is -0.277. The van der Waals surface area contributed by atoms with Gasteiger partial charge in [-0.25, -0.2) is 9.67 Å². The summed E-state index contributed by atoms with van der Waals surface area (Å²) < 4.78 is 1.17. The summed E-state index contributed by atoms with van der Waals surface area (Å²) in [6, 6.07) is 7.17. The molecular weight excluding hydrogens is 376 g/mol. The number of nitrogens with one attached hydrogen (secondary N) is 1. The first-order valence-corrected chi connectivity index (χ1v) is 9.51. The lowest BCUT2D eigenvalue weighted by atomic mass is 10.2. The SMILES string of the molecule is O=C(Cn1ncc2ccccc2c1=O)NCCc1csc(-c2cnccn2)n1. The molecule has 8 nitrogen and oxygen atoms in total. The number of carbonyl (C=O) groups excluding carboxylic acids is 1. The highest BCUT2D eigenvalue weighted by Gasteiger charge is 2.09. The Balaban J connectivity index is 1.34. The summed E-state index contributed by atoms with van der Waals surface area (Å²) >= 11 is 1.49. The lowest BCUT2D eigenvalue weighted by Gasteiger charge is -2.07. The Hall–Kier alpha value is -3.46. The Bertz CT molecular complexity index is 1170. The Morgan fingerprint density at radius 3 is 2.93 bits per heavy atom. The van der Waals surface area contributed by atoms with E-state index in [-0.39, 0.29) is 18.0 Å². The van der Waals surface area contributed by atoms with E-state index in [0.29, 0.717) is 18.4 Å². The van der Waals surface area contributed by atoms with Crippen LogP contribution in [0.5, 0.6) is 0 Å². The van der Waals surface area contributed by atoms with E-state index in [2.05, 4.69) is 25.4 Å². The van der Waals surface area contributed by atoms with Gasteiger partial charge in [0.1, 0.15) is 17.2 Å². The molecule has 0 fully saturated rings. The van der Waals surface area contributed by atoms with Gasteiger partial charge >= 0.3 is 0 Å². The highest BCUT2D eigenvalue weighted by molar-refractivity contribution is 7.13. The molecule has 0 aliphatic rings. The predicted molar refractivity (Wildman–Crippen MR) is 106 cm³/mol. The van der Waals surface area contributed by atoms with Crippen LogP contribution in [0.4, 0.5) is 0 Å². The van der Waals surface area contributed by atoms with Crippen LogP contribution in [0.1, 0.15) is 5.69 Å². The second-order valence-corrected chi connectivity index (χ2v) is 6.89. The van der Waals surface area contributed by atoms with E-state index in [9.17, 15) is 9.59 Å². The molecular formula is C19H16N6O2S. The van der Waals surface area contributed by atoms with Gasteiger partial charge in [-0.15, -0.1) is 11.3 Å². The fourth-order valence-corrected chi connectivity index (χ4v) is 3.53. The van der Waals surface area contributed by atoms with Crippen LogP contribution in [-0.4, -0.2) is 37.2 Å². The zero-order chi connectivity index (χ0) is 19.3. The van der Waals surface area contributed by atoms with Gasteiger partial charge in [0.15, 0.2) is 0 Å². The number of carbonyl (C=O) groups is 1. The Morgan fingerprint density at radius 1 is 1.18 bits per heavy atom. The van der Waals surface area contributed by atoms with Gasteiger partial charge in [0.2, 0.25) is 5.91 Å². The molecule has 0 bridgehead atoms. The van der Waals surface area contributed by atoms with Gasteiger partial charge in [-0.1, -0.05) is 18.2 Å². The Kier molecular flexibility index (Phi) is 5.16. The third-order valence-electron chi connectivity index (χ3n) is 4.09. The van der Waals surface area contributed by atoms with Crippen molar-refractivity contribution in [1.29, 1.82) is 0 Å². The summed E-state index contributed by atoms with van der Waals surface area (Å²) in [6.45, 7) is 0.302. The van der Waals surface area contributed by atoms with Crippen molar-refractivity contribution >= 4 is 28.0 Å².